The van der Waals surface area contributed by atoms with Gasteiger partial charge in [0.25, 0.3) is 0 Å². The van der Waals surface area contributed by atoms with E-state index in [2.05, 4.69) is 20.3 Å². The summed E-state index contributed by atoms with van der Waals surface area (Å²) in [5.74, 6) is -3.20. The monoisotopic (exact) mass is 464 g/mol. The number of nitrogens with zero attached hydrogens (tertiary/aromatic N) is 3. The molecule has 0 spiro atoms. The lowest BCUT2D eigenvalue weighted by molar-refractivity contribution is -0.148. The van der Waals surface area contributed by atoms with Crippen LogP contribution in [0.25, 0.3) is 10.9 Å². The fourth-order valence-corrected chi connectivity index (χ4v) is 3.53. The Balaban J connectivity index is 2.02. The van der Waals surface area contributed by atoms with Gasteiger partial charge in [-0.3, -0.25) is 0 Å². The van der Waals surface area contributed by atoms with Crippen molar-refractivity contribution in [3.63, 3.8) is 0 Å². The molecule has 0 radical (unpaired) electrons. The first-order valence-corrected chi connectivity index (χ1v) is 11.1. The highest BCUT2D eigenvalue weighted by Crippen LogP contribution is 2.40. The van der Waals surface area contributed by atoms with Crippen molar-refractivity contribution < 1.29 is 26.7 Å². The van der Waals surface area contributed by atoms with Gasteiger partial charge in [0.2, 0.25) is 0 Å². The maximum Gasteiger partial charge on any atom is 0.314 e. The Labute approximate surface area is 182 Å². The van der Waals surface area contributed by atoms with Crippen molar-refractivity contribution in [3.05, 3.63) is 53.2 Å². The number of benzene rings is 1. The van der Waals surface area contributed by atoms with Gasteiger partial charge in [0, 0.05) is 23.8 Å². The largest absolute Gasteiger partial charge is 0.372 e. The molecule has 0 bridgehead atoms. The molecule has 0 fully saturated rings. The van der Waals surface area contributed by atoms with Crippen LogP contribution in [0.15, 0.2) is 35.5 Å². The first kappa shape index (κ1) is 23.4. The smallest absolute Gasteiger partial charge is 0.314 e. The molecule has 2 aromatic heterocycles. The SMILES string of the molecule is C#CC(C)(O)C(F)(F)c1cccc(CNc2nc(C)nc3cnc(S(C)(=O)=O)cc23)c1F. The number of sulfone groups is 1. The van der Waals surface area contributed by atoms with Gasteiger partial charge >= 0.3 is 5.92 Å². The van der Waals surface area contributed by atoms with Crippen LogP contribution in [0.4, 0.5) is 19.0 Å². The van der Waals surface area contributed by atoms with Crippen molar-refractivity contribution in [1.82, 2.24) is 15.0 Å². The second-order valence-corrected chi connectivity index (χ2v) is 9.32. The molecule has 2 heterocycles. The maximum absolute atomic E-state index is 14.9. The van der Waals surface area contributed by atoms with E-state index in [0.717, 1.165) is 19.2 Å². The molecule has 0 saturated heterocycles. The van der Waals surface area contributed by atoms with Crippen LogP contribution in [-0.4, -0.2) is 40.3 Å². The van der Waals surface area contributed by atoms with Crippen LogP contribution >= 0.6 is 0 Å². The van der Waals surface area contributed by atoms with Gasteiger partial charge in [0.05, 0.1) is 17.3 Å². The second-order valence-electron chi connectivity index (χ2n) is 7.35. The molecule has 7 nitrogen and oxygen atoms in total. The number of halogens is 3. The van der Waals surface area contributed by atoms with Gasteiger partial charge in [0.15, 0.2) is 20.5 Å². The third kappa shape index (κ3) is 4.24. The Morgan fingerprint density at radius 2 is 1.97 bits per heavy atom. The van der Waals surface area contributed by atoms with Crippen molar-refractivity contribution in [1.29, 1.82) is 0 Å². The summed E-state index contributed by atoms with van der Waals surface area (Å²) in [6.45, 7) is 2.05. The van der Waals surface area contributed by atoms with Crippen molar-refractivity contribution >= 4 is 26.6 Å². The predicted molar refractivity (Wildman–Crippen MR) is 112 cm³/mol. The Morgan fingerprint density at radius 3 is 2.59 bits per heavy atom. The highest BCUT2D eigenvalue weighted by Gasteiger charge is 2.51. The van der Waals surface area contributed by atoms with Crippen LogP contribution in [-0.2, 0) is 22.3 Å². The summed E-state index contributed by atoms with van der Waals surface area (Å²) in [5, 5.41) is 12.8. The molecule has 2 N–H and O–H groups in total. The highest BCUT2D eigenvalue weighted by molar-refractivity contribution is 7.90. The quantitative estimate of drug-likeness (QED) is 0.541. The van der Waals surface area contributed by atoms with Gasteiger partial charge in [-0.1, -0.05) is 18.1 Å². The van der Waals surface area contributed by atoms with Crippen molar-refractivity contribution in [3.8, 4) is 12.3 Å². The van der Waals surface area contributed by atoms with E-state index in [1.807, 2.05) is 0 Å². The van der Waals surface area contributed by atoms with Crippen LogP contribution in [0.3, 0.4) is 0 Å². The fraction of sp³-hybridized carbons (Fsp3) is 0.286. The Kier molecular flexibility index (Phi) is 5.88. The maximum atomic E-state index is 14.9. The average molecular weight is 464 g/mol. The number of terminal acetylenes is 1. The number of fused-ring (bicyclic) bond motifs is 1. The lowest BCUT2D eigenvalue weighted by Gasteiger charge is -2.29. The third-order valence-corrected chi connectivity index (χ3v) is 5.79. The van der Waals surface area contributed by atoms with E-state index < -0.39 is 32.7 Å². The van der Waals surface area contributed by atoms with Crippen molar-refractivity contribution in [2.24, 2.45) is 0 Å². The highest BCUT2D eigenvalue weighted by atomic mass is 32.2. The number of hydrogen-bond donors (Lipinski definition) is 2. The molecule has 1 unspecified atom stereocenters. The fourth-order valence-electron chi connectivity index (χ4n) is 2.96. The van der Waals surface area contributed by atoms with Gasteiger partial charge in [-0.2, -0.15) is 8.78 Å². The number of nitrogens with one attached hydrogen (secondary N) is 1. The minimum Gasteiger partial charge on any atom is -0.372 e. The number of pyridine rings is 1. The zero-order valence-electron chi connectivity index (χ0n) is 17.3. The number of aliphatic hydroxyl groups is 1. The first-order chi connectivity index (χ1) is 14.8. The molecule has 168 valence electrons. The summed E-state index contributed by atoms with van der Waals surface area (Å²) in [6.07, 6.45) is 7.25. The lowest BCUT2D eigenvalue weighted by Crippen LogP contribution is -2.42. The van der Waals surface area contributed by atoms with E-state index in [1.54, 1.807) is 12.8 Å². The normalized spacial score (nSPS) is 14.1. The number of alkyl halides is 2. The molecule has 11 heteroatoms. The van der Waals surface area contributed by atoms with E-state index in [4.69, 9.17) is 6.42 Å². The summed E-state index contributed by atoms with van der Waals surface area (Å²) >= 11 is 0. The Bertz CT molecular complexity index is 1350. The van der Waals surface area contributed by atoms with Crippen LogP contribution in [0, 0.1) is 25.1 Å². The summed E-state index contributed by atoms with van der Waals surface area (Å²) in [5.41, 5.74) is -3.74. The molecule has 3 aromatic rings. The van der Waals surface area contributed by atoms with Gasteiger partial charge in [-0.25, -0.2) is 27.8 Å². The summed E-state index contributed by atoms with van der Waals surface area (Å²) < 4.78 is 67.8. The predicted octanol–water partition coefficient (Wildman–Crippen LogP) is 2.96. The molecule has 0 amide bonds. The molecule has 0 aliphatic heterocycles. The van der Waals surface area contributed by atoms with Gasteiger partial charge in [0.1, 0.15) is 17.5 Å². The van der Waals surface area contributed by atoms with Crippen molar-refractivity contribution in [2.45, 2.75) is 36.9 Å². The van der Waals surface area contributed by atoms with Gasteiger partial charge in [-0.05, 0) is 26.0 Å². The van der Waals surface area contributed by atoms with Crippen LogP contribution < -0.4 is 5.32 Å². The van der Waals surface area contributed by atoms with E-state index >= 15 is 0 Å². The molecule has 3 rings (SSSR count). The van der Waals surface area contributed by atoms with E-state index in [9.17, 15) is 26.7 Å². The first-order valence-electron chi connectivity index (χ1n) is 9.22. The lowest BCUT2D eigenvalue weighted by atomic mass is 9.91. The van der Waals surface area contributed by atoms with Crippen LogP contribution in [0.1, 0.15) is 23.9 Å². The molecular weight excluding hydrogens is 445 g/mol. The van der Waals surface area contributed by atoms with Crippen LogP contribution in [0.2, 0.25) is 0 Å². The zero-order chi connectivity index (χ0) is 23.9. The summed E-state index contributed by atoms with van der Waals surface area (Å²) in [7, 11) is -3.61. The molecule has 0 aliphatic rings. The molecular formula is C21H19F3N4O3S. The van der Waals surface area contributed by atoms with E-state index in [-0.39, 0.29) is 23.0 Å². The average Bonchev–Trinajstić information content (AvgIpc) is 2.71. The zero-order valence-corrected chi connectivity index (χ0v) is 18.1. The van der Waals surface area contributed by atoms with E-state index in [0.29, 0.717) is 16.7 Å². The summed E-state index contributed by atoms with van der Waals surface area (Å²) in [6, 6.07) is 4.62. The molecule has 0 aliphatic carbocycles. The number of hydrogen-bond acceptors (Lipinski definition) is 7. The van der Waals surface area contributed by atoms with Gasteiger partial charge < -0.3 is 10.4 Å². The number of anilines is 1. The van der Waals surface area contributed by atoms with E-state index in [1.165, 1.54) is 24.4 Å². The second kappa shape index (κ2) is 8.03. The third-order valence-electron chi connectivity index (χ3n) is 4.80. The Morgan fingerprint density at radius 1 is 1.28 bits per heavy atom. The Hall–Kier alpha value is -3.23. The molecule has 1 atom stereocenters. The van der Waals surface area contributed by atoms with Gasteiger partial charge in [-0.15, -0.1) is 6.42 Å². The number of rotatable bonds is 6. The number of aromatic nitrogens is 3. The number of aryl methyl sites for hydroxylation is 1. The molecule has 32 heavy (non-hydrogen) atoms. The summed E-state index contributed by atoms with van der Waals surface area (Å²) in [4.78, 5) is 12.3. The standard InChI is InChI=1S/C21H19F3N4O3S/c1-5-20(3,29)21(23,24)15-8-6-7-13(18(15)22)10-26-19-14-9-17(32(4,30)31)25-11-16(14)27-12(2)28-19/h1,6-9,11,29H,10H2,2-4H3,(H,26,27,28). The topological polar surface area (TPSA) is 105 Å². The molecule has 0 saturated carbocycles. The minimum absolute atomic E-state index is 0.142. The minimum atomic E-state index is -4.05. The van der Waals surface area contributed by atoms with Crippen LogP contribution in [0.5, 0.6) is 0 Å². The molecule has 1 aromatic carbocycles. The van der Waals surface area contributed by atoms with Crippen molar-refractivity contribution in [2.75, 3.05) is 11.6 Å².